The first-order valence-corrected chi connectivity index (χ1v) is 10.1. The summed E-state index contributed by atoms with van der Waals surface area (Å²) in [6.07, 6.45) is 24.4. The highest BCUT2D eigenvalue weighted by Gasteiger charge is 2.05. The Morgan fingerprint density at radius 3 is 2.41 bits per heavy atom. The molecule has 0 nitrogen and oxygen atoms in total. The second kappa shape index (κ2) is 13.0. The first-order chi connectivity index (χ1) is 10.7. The fourth-order valence-electron chi connectivity index (χ4n) is 3.63. The minimum Gasteiger partial charge on any atom is -0.0859 e. The summed E-state index contributed by atoms with van der Waals surface area (Å²) in [6, 6.07) is 0. The molecule has 1 unspecified atom stereocenters. The van der Waals surface area contributed by atoms with Crippen LogP contribution >= 0.6 is 0 Å². The highest BCUT2D eigenvalue weighted by Crippen LogP contribution is 2.24. The number of rotatable bonds is 10. The van der Waals surface area contributed by atoms with Crippen molar-refractivity contribution in [3.8, 4) is 0 Å². The van der Waals surface area contributed by atoms with Crippen LogP contribution in [0.1, 0.15) is 111 Å². The van der Waals surface area contributed by atoms with Gasteiger partial charge in [-0.2, -0.15) is 0 Å². The van der Waals surface area contributed by atoms with Crippen LogP contribution in [-0.2, 0) is 0 Å². The van der Waals surface area contributed by atoms with Crippen LogP contribution < -0.4 is 0 Å². The van der Waals surface area contributed by atoms with E-state index in [1.54, 1.807) is 11.1 Å². The lowest BCUT2D eigenvalue weighted by Crippen LogP contribution is -1.95. The van der Waals surface area contributed by atoms with E-state index in [1.165, 1.54) is 89.9 Å². The lowest BCUT2D eigenvalue weighted by Gasteiger charge is -2.10. The highest BCUT2D eigenvalue weighted by molar-refractivity contribution is 5.03. The molecule has 0 heteroatoms. The van der Waals surface area contributed by atoms with Crippen LogP contribution in [0, 0.1) is 5.92 Å². The van der Waals surface area contributed by atoms with Gasteiger partial charge in [0.25, 0.3) is 0 Å². The SMILES string of the molecule is CCC=C(C)CCCCCC(C)CCC=C1CCCCCC1. The van der Waals surface area contributed by atoms with Gasteiger partial charge < -0.3 is 0 Å². The molecule has 0 aromatic carbocycles. The molecule has 22 heavy (non-hydrogen) atoms. The van der Waals surface area contributed by atoms with E-state index in [0.717, 1.165) is 5.92 Å². The summed E-state index contributed by atoms with van der Waals surface area (Å²) in [5, 5.41) is 0. The van der Waals surface area contributed by atoms with Gasteiger partial charge in [-0.15, -0.1) is 0 Å². The van der Waals surface area contributed by atoms with Gasteiger partial charge in [-0.3, -0.25) is 0 Å². The second-order valence-corrected chi connectivity index (χ2v) is 7.52. The van der Waals surface area contributed by atoms with Crippen LogP contribution in [-0.4, -0.2) is 0 Å². The van der Waals surface area contributed by atoms with Crippen molar-refractivity contribution in [2.75, 3.05) is 0 Å². The van der Waals surface area contributed by atoms with E-state index in [4.69, 9.17) is 0 Å². The van der Waals surface area contributed by atoms with Crippen molar-refractivity contribution < 1.29 is 0 Å². The number of unbranched alkanes of at least 4 members (excludes halogenated alkanes) is 2. The quantitative estimate of drug-likeness (QED) is 0.218. The van der Waals surface area contributed by atoms with Crippen LogP contribution in [0.4, 0.5) is 0 Å². The molecule has 128 valence electrons. The largest absolute Gasteiger partial charge is 0.0859 e. The Balaban J connectivity index is 2.02. The van der Waals surface area contributed by atoms with Gasteiger partial charge in [-0.1, -0.05) is 69.2 Å². The van der Waals surface area contributed by atoms with E-state index < -0.39 is 0 Å². The molecule has 1 rings (SSSR count). The standard InChI is InChI=1S/C22H40/c1-4-13-20(2)14-8-7-9-15-21(3)16-12-19-22-17-10-5-6-11-18-22/h13,19,21H,4-12,14-18H2,1-3H3. The highest BCUT2D eigenvalue weighted by atomic mass is 14.1. The average Bonchev–Trinajstić information content (AvgIpc) is 2.76. The Bertz CT molecular complexity index is 311. The molecule has 0 saturated heterocycles. The monoisotopic (exact) mass is 304 g/mol. The third-order valence-electron chi connectivity index (χ3n) is 5.16. The van der Waals surface area contributed by atoms with Crippen LogP contribution in [0.5, 0.6) is 0 Å². The van der Waals surface area contributed by atoms with Gasteiger partial charge in [0.15, 0.2) is 0 Å². The Labute approximate surface area is 140 Å². The van der Waals surface area contributed by atoms with Crippen LogP contribution in [0.25, 0.3) is 0 Å². The minimum atomic E-state index is 0.912. The Hall–Kier alpha value is -0.520. The average molecular weight is 305 g/mol. The zero-order valence-electron chi connectivity index (χ0n) is 15.6. The van der Waals surface area contributed by atoms with E-state index in [1.807, 2.05) is 0 Å². The molecule has 1 aliphatic rings. The first kappa shape index (κ1) is 19.5. The fraction of sp³-hybridized carbons (Fsp3) is 0.818. The molecule has 0 aliphatic heterocycles. The summed E-state index contributed by atoms with van der Waals surface area (Å²) in [5.41, 5.74) is 3.36. The van der Waals surface area contributed by atoms with Crippen molar-refractivity contribution >= 4 is 0 Å². The maximum Gasteiger partial charge on any atom is -0.0320 e. The first-order valence-electron chi connectivity index (χ1n) is 10.1. The van der Waals surface area contributed by atoms with Crippen molar-refractivity contribution in [1.29, 1.82) is 0 Å². The maximum atomic E-state index is 2.58. The zero-order valence-corrected chi connectivity index (χ0v) is 15.6. The molecule has 1 fully saturated rings. The Kier molecular flexibility index (Phi) is 11.5. The Morgan fingerprint density at radius 1 is 1.00 bits per heavy atom. The van der Waals surface area contributed by atoms with Crippen LogP contribution in [0.15, 0.2) is 23.3 Å². The second-order valence-electron chi connectivity index (χ2n) is 7.52. The number of allylic oxidation sites excluding steroid dienone is 4. The van der Waals surface area contributed by atoms with Gasteiger partial charge in [0.2, 0.25) is 0 Å². The molecular formula is C22H40. The van der Waals surface area contributed by atoms with Crippen molar-refractivity contribution in [1.82, 2.24) is 0 Å². The predicted molar refractivity (Wildman–Crippen MR) is 101 cm³/mol. The molecule has 0 amide bonds. The molecule has 0 bridgehead atoms. The van der Waals surface area contributed by atoms with Crippen molar-refractivity contribution in [2.45, 2.75) is 111 Å². The van der Waals surface area contributed by atoms with Gasteiger partial charge >= 0.3 is 0 Å². The summed E-state index contributed by atoms with van der Waals surface area (Å²) in [4.78, 5) is 0. The van der Waals surface area contributed by atoms with Crippen molar-refractivity contribution in [3.05, 3.63) is 23.3 Å². The molecule has 0 heterocycles. The topological polar surface area (TPSA) is 0 Å². The molecule has 1 atom stereocenters. The van der Waals surface area contributed by atoms with E-state index in [2.05, 4.69) is 32.9 Å². The summed E-state index contributed by atoms with van der Waals surface area (Å²) in [5.74, 6) is 0.912. The van der Waals surface area contributed by atoms with Gasteiger partial charge in [-0.25, -0.2) is 0 Å². The summed E-state index contributed by atoms with van der Waals surface area (Å²) in [7, 11) is 0. The Morgan fingerprint density at radius 2 is 1.73 bits per heavy atom. The molecular weight excluding hydrogens is 264 g/mol. The lowest BCUT2D eigenvalue weighted by molar-refractivity contribution is 0.463. The summed E-state index contributed by atoms with van der Waals surface area (Å²) in [6.45, 7) is 6.97. The van der Waals surface area contributed by atoms with E-state index >= 15 is 0 Å². The van der Waals surface area contributed by atoms with Crippen molar-refractivity contribution in [2.24, 2.45) is 5.92 Å². The van der Waals surface area contributed by atoms with Gasteiger partial charge in [0, 0.05) is 0 Å². The summed E-state index contributed by atoms with van der Waals surface area (Å²) < 4.78 is 0. The smallest absolute Gasteiger partial charge is 0.0320 e. The van der Waals surface area contributed by atoms with Crippen molar-refractivity contribution in [3.63, 3.8) is 0 Å². The number of hydrogen-bond acceptors (Lipinski definition) is 0. The molecule has 0 radical (unpaired) electrons. The maximum absolute atomic E-state index is 2.58. The molecule has 0 aromatic rings. The zero-order chi connectivity index (χ0) is 16.0. The molecule has 0 spiro atoms. The third kappa shape index (κ3) is 10.2. The molecule has 0 aromatic heterocycles. The van der Waals surface area contributed by atoms with Gasteiger partial charge in [-0.05, 0) is 70.6 Å². The van der Waals surface area contributed by atoms with Crippen LogP contribution in [0.3, 0.4) is 0 Å². The normalized spacial score (nSPS) is 18.1. The van der Waals surface area contributed by atoms with E-state index in [-0.39, 0.29) is 0 Å². The number of hydrogen-bond donors (Lipinski definition) is 0. The third-order valence-corrected chi connectivity index (χ3v) is 5.16. The van der Waals surface area contributed by atoms with Crippen LogP contribution in [0.2, 0.25) is 0 Å². The van der Waals surface area contributed by atoms with E-state index in [9.17, 15) is 0 Å². The van der Waals surface area contributed by atoms with Gasteiger partial charge in [0.05, 0.1) is 0 Å². The molecule has 1 aliphatic carbocycles. The fourth-order valence-corrected chi connectivity index (χ4v) is 3.63. The summed E-state index contributed by atoms with van der Waals surface area (Å²) >= 11 is 0. The molecule has 0 N–H and O–H groups in total. The predicted octanol–water partition coefficient (Wildman–Crippen LogP) is 7.99. The van der Waals surface area contributed by atoms with E-state index in [0.29, 0.717) is 0 Å². The van der Waals surface area contributed by atoms with Gasteiger partial charge in [0.1, 0.15) is 0 Å². The lowest BCUT2D eigenvalue weighted by atomic mass is 9.96. The minimum absolute atomic E-state index is 0.912. The molecule has 1 saturated carbocycles.